The van der Waals surface area contributed by atoms with Gasteiger partial charge in [-0.05, 0) is 97.7 Å². The lowest BCUT2D eigenvalue weighted by Crippen LogP contribution is -2.49. The molecule has 2 aliphatic carbocycles. The second kappa shape index (κ2) is 12.1. The number of hydrogen-bond donors (Lipinski definition) is 2. The van der Waals surface area contributed by atoms with Gasteiger partial charge >= 0.3 is 0 Å². The van der Waals surface area contributed by atoms with E-state index >= 15 is 0 Å². The smallest absolute Gasteiger partial charge is 0.264 e. The average Bonchev–Trinajstić information content (AvgIpc) is 3.10. The van der Waals surface area contributed by atoms with Crippen molar-refractivity contribution in [3.05, 3.63) is 70.3 Å². The number of anilines is 1. The molecule has 1 amide bonds. The summed E-state index contributed by atoms with van der Waals surface area (Å²) in [5.74, 6) is 0.218. The second-order valence-corrected chi connectivity index (χ2v) is 15.3. The lowest BCUT2D eigenvalue weighted by molar-refractivity contribution is 0.0454. The van der Waals surface area contributed by atoms with Crippen LogP contribution < -0.4 is 14.4 Å². The monoisotopic (exact) mass is 628 g/mol. The first kappa shape index (κ1) is 30.4. The van der Waals surface area contributed by atoms with E-state index in [9.17, 15) is 18.3 Å². The van der Waals surface area contributed by atoms with E-state index in [4.69, 9.17) is 21.1 Å². The Bertz CT molecular complexity index is 1510. The van der Waals surface area contributed by atoms with E-state index in [2.05, 4.69) is 21.8 Å². The summed E-state index contributed by atoms with van der Waals surface area (Å²) in [6.45, 7) is 3.74. The number of allylic oxidation sites excluding steroid dienone is 1. The normalized spacial score (nSPS) is 32.8. The first-order valence-corrected chi connectivity index (χ1v) is 17.2. The number of ether oxygens (including phenoxy) is 2. The van der Waals surface area contributed by atoms with Crippen LogP contribution in [0.25, 0.3) is 0 Å². The third kappa shape index (κ3) is 6.06. The molecule has 0 aromatic heterocycles. The molecule has 2 aromatic rings. The molecule has 8 nitrogen and oxygen atoms in total. The Labute approximate surface area is 259 Å². The van der Waals surface area contributed by atoms with Crippen molar-refractivity contribution in [2.75, 3.05) is 38.3 Å². The maximum Gasteiger partial charge on any atom is 0.264 e. The number of carbonyl (C=O) groups is 1. The number of aliphatic hydroxyl groups excluding tert-OH is 1. The van der Waals surface area contributed by atoms with E-state index in [1.165, 1.54) is 18.2 Å². The van der Waals surface area contributed by atoms with Gasteiger partial charge in [-0.15, -0.1) is 0 Å². The van der Waals surface area contributed by atoms with Crippen LogP contribution in [0.2, 0.25) is 5.02 Å². The number of aliphatic hydroxyl groups is 1. The van der Waals surface area contributed by atoms with Crippen LogP contribution in [0.4, 0.5) is 5.69 Å². The summed E-state index contributed by atoms with van der Waals surface area (Å²) >= 11 is 6.39. The number of benzene rings is 2. The zero-order valence-corrected chi connectivity index (χ0v) is 26.4. The lowest BCUT2D eigenvalue weighted by atomic mass is 9.68. The number of carbonyl (C=O) groups excluding carboxylic acids is 1. The summed E-state index contributed by atoms with van der Waals surface area (Å²) in [5, 5.41) is 11.0. The van der Waals surface area contributed by atoms with Gasteiger partial charge in [-0.1, -0.05) is 36.7 Å². The molecule has 2 heterocycles. The molecule has 2 aromatic carbocycles. The standard InChI is InChI=1S/C33H41ClN2O6S/c1-21-5-11-30(37)27-9-6-24(27)17-36-19-33(13-3-4-22-15-25(34)8-10-28(22)33)20-42-31-12-7-23(16-29(31)36)32(38)35-43(39,40)26(14-21)18-41-2/h5,7-8,10-12,15-16,21,24,26-27,30,37H,3-4,6,9,13-14,17-20H2,1-2H3,(H,35,38)/b11-5+/t21-,24?,26-,27?,30-,33-/m0/s1. The highest BCUT2D eigenvalue weighted by atomic mass is 35.5. The first-order chi connectivity index (χ1) is 20.6. The molecule has 1 spiro atoms. The van der Waals surface area contributed by atoms with Gasteiger partial charge in [0, 0.05) is 36.2 Å². The van der Waals surface area contributed by atoms with Gasteiger partial charge in [0.15, 0.2) is 0 Å². The number of halogens is 1. The van der Waals surface area contributed by atoms with Crippen molar-refractivity contribution < 1.29 is 27.8 Å². The number of aryl methyl sites for hydroxylation is 1. The molecule has 10 heteroatoms. The van der Waals surface area contributed by atoms with Crippen molar-refractivity contribution in [1.29, 1.82) is 0 Å². The van der Waals surface area contributed by atoms with Crippen LogP contribution in [0.3, 0.4) is 0 Å². The second-order valence-electron chi connectivity index (χ2n) is 12.9. The zero-order valence-electron chi connectivity index (χ0n) is 24.8. The van der Waals surface area contributed by atoms with Crippen LogP contribution in [0, 0.1) is 17.8 Å². The molecule has 2 bridgehead atoms. The van der Waals surface area contributed by atoms with E-state index in [0.717, 1.165) is 42.8 Å². The fourth-order valence-electron chi connectivity index (χ4n) is 7.49. The minimum atomic E-state index is -4.04. The number of nitrogens with one attached hydrogen (secondary N) is 1. The molecule has 2 aliphatic heterocycles. The third-order valence-electron chi connectivity index (χ3n) is 9.97. The van der Waals surface area contributed by atoms with E-state index in [1.807, 2.05) is 25.1 Å². The Morgan fingerprint density at radius 2 is 2.02 bits per heavy atom. The molecule has 0 saturated heterocycles. The quantitative estimate of drug-likeness (QED) is 0.457. The summed E-state index contributed by atoms with van der Waals surface area (Å²) < 4.78 is 40.8. The SMILES string of the molecule is COC[C@@H]1C[C@@H](C)/C=C/[C@H](O)C2CCC2CN2C[C@@]3(CCCc4cc(Cl)ccc43)COc3ccc(cc32)C(=O)NS1(=O)=O. The zero-order chi connectivity index (χ0) is 30.4. The number of rotatable bonds is 2. The van der Waals surface area contributed by atoms with Crippen LogP contribution >= 0.6 is 11.6 Å². The fraction of sp³-hybridized carbons (Fsp3) is 0.545. The van der Waals surface area contributed by atoms with Gasteiger partial charge in [0.1, 0.15) is 11.0 Å². The molecule has 1 saturated carbocycles. The molecule has 2 N–H and O–H groups in total. The third-order valence-corrected chi connectivity index (χ3v) is 11.9. The van der Waals surface area contributed by atoms with Crippen LogP contribution in [0.15, 0.2) is 48.6 Å². The Morgan fingerprint density at radius 3 is 2.79 bits per heavy atom. The van der Waals surface area contributed by atoms with Gasteiger partial charge in [-0.2, -0.15) is 0 Å². The molecule has 2 unspecified atom stereocenters. The van der Waals surface area contributed by atoms with Crippen molar-refractivity contribution in [2.24, 2.45) is 17.8 Å². The molecule has 0 radical (unpaired) electrons. The molecule has 6 rings (SSSR count). The van der Waals surface area contributed by atoms with Gasteiger partial charge in [0.2, 0.25) is 10.0 Å². The van der Waals surface area contributed by atoms with Gasteiger partial charge in [0.05, 0.1) is 25.0 Å². The molecule has 4 aliphatic rings. The minimum Gasteiger partial charge on any atom is -0.490 e. The van der Waals surface area contributed by atoms with Crippen molar-refractivity contribution in [2.45, 2.75) is 62.2 Å². The lowest BCUT2D eigenvalue weighted by Gasteiger charge is -2.45. The number of nitrogens with zero attached hydrogens (tertiary/aromatic N) is 1. The predicted molar refractivity (Wildman–Crippen MR) is 167 cm³/mol. The first-order valence-electron chi connectivity index (χ1n) is 15.3. The summed E-state index contributed by atoms with van der Waals surface area (Å²) in [5.41, 5.74) is 3.25. The number of methoxy groups -OCH3 is 1. The van der Waals surface area contributed by atoms with Gasteiger partial charge in [-0.3, -0.25) is 4.79 Å². The number of fused-ring (bicyclic) bond motifs is 4. The molecule has 1 fully saturated rings. The van der Waals surface area contributed by atoms with Crippen molar-refractivity contribution in [3.8, 4) is 5.75 Å². The van der Waals surface area contributed by atoms with E-state index in [-0.39, 0.29) is 41.8 Å². The predicted octanol–water partition coefficient (Wildman–Crippen LogP) is 4.87. The maximum absolute atomic E-state index is 13.4. The van der Waals surface area contributed by atoms with Crippen LogP contribution in [-0.2, 0) is 26.6 Å². The molecule has 232 valence electrons. The number of amides is 1. The molecule has 43 heavy (non-hydrogen) atoms. The Hall–Kier alpha value is -2.59. The Kier molecular flexibility index (Phi) is 8.54. The Morgan fingerprint density at radius 1 is 1.19 bits per heavy atom. The summed E-state index contributed by atoms with van der Waals surface area (Å²) in [6.07, 6.45) is 8.23. The van der Waals surface area contributed by atoms with E-state index in [0.29, 0.717) is 25.4 Å². The molecule has 6 atom stereocenters. The van der Waals surface area contributed by atoms with Crippen molar-refractivity contribution in [1.82, 2.24) is 4.72 Å². The van der Waals surface area contributed by atoms with E-state index in [1.54, 1.807) is 18.2 Å². The highest BCUT2D eigenvalue weighted by Crippen LogP contribution is 2.46. The number of sulfonamides is 1. The molecular formula is C33H41ClN2O6S. The summed E-state index contributed by atoms with van der Waals surface area (Å²) in [7, 11) is -2.59. The minimum absolute atomic E-state index is 0.0470. The number of hydrogen-bond acceptors (Lipinski definition) is 7. The van der Waals surface area contributed by atoms with Crippen LogP contribution in [-0.4, -0.2) is 64.2 Å². The van der Waals surface area contributed by atoms with Crippen LogP contribution in [0.5, 0.6) is 5.75 Å². The van der Waals surface area contributed by atoms with Crippen molar-refractivity contribution in [3.63, 3.8) is 0 Å². The molecular weight excluding hydrogens is 588 g/mol. The topological polar surface area (TPSA) is 105 Å². The summed E-state index contributed by atoms with van der Waals surface area (Å²) in [4.78, 5) is 15.8. The Balaban J connectivity index is 1.42. The van der Waals surface area contributed by atoms with Gasteiger partial charge in [-0.25, -0.2) is 13.1 Å². The highest BCUT2D eigenvalue weighted by molar-refractivity contribution is 7.90. The van der Waals surface area contributed by atoms with Gasteiger partial charge < -0.3 is 19.5 Å². The van der Waals surface area contributed by atoms with E-state index < -0.39 is 27.3 Å². The van der Waals surface area contributed by atoms with Gasteiger partial charge in [0.25, 0.3) is 5.91 Å². The maximum atomic E-state index is 13.4. The average molecular weight is 629 g/mol. The largest absolute Gasteiger partial charge is 0.490 e. The summed E-state index contributed by atoms with van der Waals surface area (Å²) in [6, 6.07) is 11.3. The fourth-order valence-corrected chi connectivity index (χ4v) is 9.10. The van der Waals surface area contributed by atoms with Crippen LogP contribution in [0.1, 0.15) is 60.5 Å². The highest BCUT2D eigenvalue weighted by Gasteiger charge is 2.44. The van der Waals surface area contributed by atoms with Crippen molar-refractivity contribution >= 4 is 33.2 Å².